The molecule has 0 atom stereocenters. The predicted molar refractivity (Wildman–Crippen MR) is 118 cm³/mol. The number of amides is 1. The first-order valence-electron chi connectivity index (χ1n) is 10.9. The van der Waals surface area contributed by atoms with Crippen molar-refractivity contribution >= 4 is 17.7 Å². The van der Waals surface area contributed by atoms with Crippen LogP contribution in [0.2, 0.25) is 0 Å². The summed E-state index contributed by atoms with van der Waals surface area (Å²) in [7, 11) is 0. The van der Waals surface area contributed by atoms with Crippen LogP contribution >= 0.6 is 0 Å². The predicted octanol–water partition coefficient (Wildman–Crippen LogP) is 2.81. The van der Waals surface area contributed by atoms with Gasteiger partial charge in [0.15, 0.2) is 6.61 Å². The van der Waals surface area contributed by atoms with Crippen molar-refractivity contribution in [2.45, 2.75) is 33.1 Å². The third kappa shape index (κ3) is 5.01. The van der Waals surface area contributed by atoms with Gasteiger partial charge in [-0.05, 0) is 50.8 Å². The number of nitrogens with zero attached hydrogens (tertiary/aromatic N) is 5. The highest BCUT2D eigenvalue weighted by atomic mass is 16.5. The minimum absolute atomic E-state index is 0.0234. The maximum Gasteiger partial charge on any atom is 0.260 e. The Morgan fingerprint density at radius 1 is 0.933 bits per heavy atom. The van der Waals surface area contributed by atoms with Gasteiger partial charge in [-0.2, -0.15) is 4.98 Å². The van der Waals surface area contributed by atoms with E-state index in [0.29, 0.717) is 13.1 Å². The van der Waals surface area contributed by atoms with Gasteiger partial charge in [-0.15, -0.1) is 0 Å². The number of aromatic nitrogens is 2. The number of hydrogen-bond acceptors (Lipinski definition) is 6. The molecule has 2 aliphatic rings. The van der Waals surface area contributed by atoms with Crippen molar-refractivity contribution in [3.05, 3.63) is 41.6 Å². The van der Waals surface area contributed by atoms with Gasteiger partial charge in [0.2, 0.25) is 5.95 Å². The molecule has 0 aliphatic carbocycles. The minimum Gasteiger partial charge on any atom is -0.484 e. The number of piperazine rings is 1. The van der Waals surface area contributed by atoms with Crippen molar-refractivity contribution in [3.8, 4) is 5.75 Å². The second kappa shape index (κ2) is 9.32. The molecule has 0 N–H and O–H groups in total. The summed E-state index contributed by atoms with van der Waals surface area (Å²) in [5, 5.41) is 0. The molecule has 30 heavy (non-hydrogen) atoms. The first-order chi connectivity index (χ1) is 14.6. The summed E-state index contributed by atoms with van der Waals surface area (Å²) in [6, 6.07) is 9.86. The lowest BCUT2D eigenvalue weighted by atomic mass is 10.1. The van der Waals surface area contributed by atoms with Crippen molar-refractivity contribution in [1.82, 2.24) is 14.9 Å². The third-order valence-corrected chi connectivity index (χ3v) is 5.78. The maximum absolute atomic E-state index is 12.6. The Hall–Kier alpha value is -2.83. The molecule has 0 radical (unpaired) electrons. The standard InChI is InChI=1S/C23H31N5O2/c1-18-7-6-8-20(15-18)30-17-22(29)27-11-13-28(14-12-27)23-24-19(2)16-21(25-23)26-9-4-3-5-10-26/h6-8,15-16H,3-5,9-14,17H2,1-2H3. The van der Waals surface area contributed by atoms with Crippen molar-refractivity contribution in [2.75, 3.05) is 55.7 Å². The fraction of sp³-hybridized carbons (Fsp3) is 0.522. The second-order valence-electron chi connectivity index (χ2n) is 8.19. The van der Waals surface area contributed by atoms with E-state index in [9.17, 15) is 4.79 Å². The minimum atomic E-state index is 0.0234. The molecular formula is C23H31N5O2. The van der Waals surface area contributed by atoms with Crippen LogP contribution in [0.3, 0.4) is 0 Å². The fourth-order valence-electron chi connectivity index (χ4n) is 4.06. The van der Waals surface area contributed by atoms with Crippen molar-refractivity contribution < 1.29 is 9.53 Å². The molecule has 0 unspecified atom stereocenters. The van der Waals surface area contributed by atoms with Gasteiger partial charge in [-0.25, -0.2) is 4.98 Å². The Morgan fingerprint density at radius 3 is 2.43 bits per heavy atom. The molecule has 2 saturated heterocycles. The number of ether oxygens (including phenoxy) is 1. The van der Waals surface area contributed by atoms with Crippen LogP contribution in [0.25, 0.3) is 0 Å². The van der Waals surface area contributed by atoms with Crippen LogP contribution in [0, 0.1) is 13.8 Å². The molecule has 7 heteroatoms. The van der Waals surface area contributed by atoms with Gasteiger partial charge < -0.3 is 19.4 Å². The van der Waals surface area contributed by atoms with Crippen LogP contribution in [-0.2, 0) is 4.79 Å². The van der Waals surface area contributed by atoms with E-state index in [0.717, 1.165) is 55.0 Å². The number of carbonyl (C=O) groups excluding carboxylic acids is 1. The molecule has 0 bridgehead atoms. The third-order valence-electron chi connectivity index (χ3n) is 5.78. The molecule has 2 aromatic rings. The van der Waals surface area contributed by atoms with E-state index in [1.165, 1.54) is 19.3 Å². The Balaban J connectivity index is 1.32. The molecule has 0 spiro atoms. The molecule has 2 aliphatic heterocycles. The topological polar surface area (TPSA) is 61.8 Å². The zero-order chi connectivity index (χ0) is 20.9. The summed E-state index contributed by atoms with van der Waals surface area (Å²) in [4.78, 5) is 28.5. The second-order valence-corrected chi connectivity index (χ2v) is 8.19. The molecule has 1 amide bonds. The quantitative estimate of drug-likeness (QED) is 0.757. The van der Waals surface area contributed by atoms with E-state index in [1.54, 1.807) is 0 Å². The van der Waals surface area contributed by atoms with Crippen LogP contribution in [0.1, 0.15) is 30.5 Å². The molecule has 1 aromatic carbocycles. The Labute approximate surface area is 178 Å². The van der Waals surface area contributed by atoms with E-state index < -0.39 is 0 Å². The van der Waals surface area contributed by atoms with Gasteiger partial charge >= 0.3 is 0 Å². The smallest absolute Gasteiger partial charge is 0.260 e. The van der Waals surface area contributed by atoms with Crippen LogP contribution in [0.5, 0.6) is 5.75 Å². The fourth-order valence-corrected chi connectivity index (χ4v) is 4.06. The van der Waals surface area contributed by atoms with Gasteiger partial charge in [-0.3, -0.25) is 4.79 Å². The molecule has 160 valence electrons. The number of rotatable bonds is 5. The molecule has 3 heterocycles. The van der Waals surface area contributed by atoms with Gasteiger partial charge in [0.1, 0.15) is 11.6 Å². The zero-order valence-corrected chi connectivity index (χ0v) is 18.0. The Morgan fingerprint density at radius 2 is 1.70 bits per heavy atom. The SMILES string of the molecule is Cc1cccc(OCC(=O)N2CCN(c3nc(C)cc(N4CCCCC4)n3)CC2)c1. The zero-order valence-electron chi connectivity index (χ0n) is 18.0. The van der Waals surface area contributed by atoms with Crippen molar-refractivity contribution in [3.63, 3.8) is 0 Å². The number of piperidine rings is 1. The van der Waals surface area contributed by atoms with E-state index in [-0.39, 0.29) is 12.5 Å². The molecule has 7 nitrogen and oxygen atoms in total. The highest BCUT2D eigenvalue weighted by molar-refractivity contribution is 5.78. The number of anilines is 2. The van der Waals surface area contributed by atoms with Gasteiger partial charge in [0, 0.05) is 51.0 Å². The highest BCUT2D eigenvalue weighted by Gasteiger charge is 2.24. The lowest BCUT2D eigenvalue weighted by Crippen LogP contribution is -2.50. The summed E-state index contributed by atoms with van der Waals surface area (Å²) in [5.41, 5.74) is 2.11. The average molecular weight is 410 g/mol. The Kier molecular flexibility index (Phi) is 6.35. The lowest BCUT2D eigenvalue weighted by molar-refractivity contribution is -0.133. The van der Waals surface area contributed by atoms with E-state index in [1.807, 2.05) is 43.0 Å². The van der Waals surface area contributed by atoms with Crippen molar-refractivity contribution in [2.24, 2.45) is 0 Å². The molecule has 0 saturated carbocycles. The molecule has 2 fully saturated rings. The van der Waals surface area contributed by atoms with Gasteiger partial charge in [0.25, 0.3) is 5.91 Å². The normalized spacial score (nSPS) is 17.2. The molecular weight excluding hydrogens is 378 g/mol. The number of hydrogen-bond donors (Lipinski definition) is 0. The molecule has 4 rings (SSSR count). The van der Waals surface area contributed by atoms with Crippen LogP contribution in [-0.4, -0.2) is 66.7 Å². The van der Waals surface area contributed by atoms with Crippen molar-refractivity contribution in [1.29, 1.82) is 0 Å². The van der Waals surface area contributed by atoms with Crippen LogP contribution < -0.4 is 14.5 Å². The first-order valence-corrected chi connectivity index (χ1v) is 10.9. The van der Waals surface area contributed by atoms with E-state index in [4.69, 9.17) is 9.72 Å². The lowest BCUT2D eigenvalue weighted by Gasteiger charge is -2.35. The van der Waals surface area contributed by atoms with Gasteiger partial charge in [0.05, 0.1) is 0 Å². The first kappa shape index (κ1) is 20.4. The highest BCUT2D eigenvalue weighted by Crippen LogP contribution is 2.22. The number of benzene rings is 1. The van der Waals surface area contributed by atoms with Crippen LogP contribution in [0.15, 0.2) is 30.3 Å². The summed E-state index contributed by atoms with van der Waals surface area (Å²) in [6.45, 7) is 9.04. The summed E-state index contributed by atoms with van der Waals surface area (Å²) < 4.78 is 5.68. The monoisotopic (exact) mass is 409 g/mol. The summed E-state index contributed by atoms with van der Waals surface area (Å²) in [5.74, 6) is 2.57. The van der Waals surface area contributed by atoms with E-state index in [2.05, 4.69) is 20.9 Å². The molecule has 1 aromatic heterocycles. The van der Waals surface area contributed by atoms with E-state index >= 15 is 0 Å². The average Bonchev–Trinajstić information content (AvgIpc) is 2.78. The number of aryl methyl sites for hydroxylation is 2. The maximum atomic E-state index is 12.6. The summed E-state index contributed by atoms with van der Waals surface area (Å²) >= 11 is 0. The summed E-state index contributed by atoms with van der Waals surface area (Å²) in [6.07, 6.45) is 3.75. The van der Waals surface area contributed by atoms with Gasteiger partial charge in [-0.1, -0.05) is 12.1 Å². The Bertz CT molecular complexity index is 874. The number of carbonyl (C=O) groups is 1. The largest absolute Gasteiger partial charge is 0.484 e. The van der Waals surface area contributed by atoms with Crippen LogP contribution in [0.4, 0.5) is 11.8 Å².